The average molecular weight is 761 g/mol. The number of aliphatic hydroxyl groups excluding tert-OH is 1. The monoisotopic (exact) mass is 760 g/mol. The van der Waals surface area contributed by atoms with Crippen LogP contribution in [0.2, 0.25) is 5.02 Å². The number of alkyl halides is 3. The number of halogens is 4. The van der Waals surface area contributed by atoms with E-state index in [2.05, 4.69) is 0 Å². The number of fused-ring (bicyclic) bond motifs is 2. The Hall–Kier alpha value is -4.26. The lowest BCUT2D eigenvalue weighted by Crippen LogP contribution is -2.67. The van der Waals surface area contributed by atoms with Gasteiger partial charge in [0.25, 0.3) is 0 Å². The van der Waals surface area contributed by atoms with Gasteiger partial charge in [0.1, 0.15) is 29.7 Å². The van der Waals surface area contributed by atoms with E-state index in [-0.39, 0.29) is 32.2 Å². The normalized spacial score (nSPS) is 23.7. The van der Waals surface area contributed by atoms with Gasteiger partial charge < -0.3 is 33.5 Å². The second kappa shape index (κ2) is 16.6. The second-order valence-electron chi connectivity index (χ2n) is 13.5. The Labute approximate surface area is 317 Å². The van der Waals surface area contributed by atoms with Crippen molar-refractivity contribution in [2.24, 2.45) is 0 Å². The number of hydrogen-bond acceptors (Lipinski definition) is 7. The predicted molar refractivity (Wildman–Crippen MR) is 196 cm³/mol. The van der Waals surface area contributed by atoms with Crippen LogP contribution in [-0.2, 0) is 55.7 Å². The maximum Gasteiger partial charge on any atom is 0.422 e. The first-order valence-corrected chi connectivity index (χ1v) is 18.0. The molecular weight excluding hydrogens is 721 g/mol. The van der Waals surface area contributed by atoms with E-state index >= 15 is 0 Å². The van der Waals surface area contributed by atoms with E-state index in [1.807, 2.05) is 103 Å². The molecule has 2 heterocycles. The molecule has 7 rings (SSSR count). The fraction of sp³-hybridized carbons (Fsp3) is 0.302. The van der Waals surface area contributed by atoms with Crippen LogP contribution in [0, 0.1) is 0 Å². The lowest BCUT2D eigenvalue weighted by Gasteiger charge is -2.50. The second-order valence-corrected chi connectivity index (χ2v) is 13.9. The molecule has 5 aromatic carbocycles. The molecule has 2 bridgehead atoms. The summed E-state index contributed by atoms with van der Waals surface area (Å²) >= 11 is 6.77. The third kappa shape index (κ3) is 8.66. The molecule has 2 aliphatic heterocycles. The van der Waals surface area contributed by atoms with Crippen LogP contribution in [0.15, 0.2) is 133 Å². The van der Waals surface area contributed by atoms with Gasteiger partial charge in [0.2, 0.25) is 5.79 Å². The number of benzene rings is 5. The SMILES string of the molecule is OCC12COC(c3ccc(Cl)c(Cc4ccc(OCC(F)(F)F)cc4)c3)(O1)[C@H](OCc1ccccc1)[C@@H](OCc1ccccc1)[C@@H]2OCc1ccccc1. The summed E-state index contributed by atoms with van der Waals surface area (Å²) in [4.78, 5) is 0. The zero-order valence-electron chi connectivity index (χ0n) is 29.3. The topological polar surface area (TPSA) is 75.6 Å². The quantitative estimate of drug-likeness (QED) is 0.115. The molecule has 2 aliphatic rings. The summed E-state index contributed by atoms with van der Waals surface area (Å²) in [5.74, 6) is -1.45. The number of hydrogen-bond donors (Lipinski definition) is 1. The standard InChI is InChI=1S/C43H40ClF3O7/c44-37-21-18-35(23-34(37)22-30-16-19-36(20-17-30)52-29-42(45,46)47)43-40(51-26-33-14-8-3-9-15-33)38(49-24-31-10-4-1-5-11-31)39(41(27-48,54-43)28-53-43)50-25-32-12-6-2-7-13-32/h1-21,23,38-40,48H,22,24-29H2/t38-,39-,40+,41?,43?/m0/s1. The van der Waals surface area contributed by atoms with Crippen molar-refractivity contribution >= 4 is 11.6 Å². The van der Waals surface area contributed by atoms with Crippen LogP contribution in [-0.4, -0.2) is 55.0 Å². The molecule has 1 N–H and O–H groups in total. The Kier molecular flexibility index (Phi) is 11.7. The van der Waals surface area contributed by atoms with Crippen molar-refractivity contribution in [3.63, 3.8) is 0 Å². The first kappa shape index (κ1) is 38.0. The van der Waals surface area contributed by atoms with E-state index in [9.17, 15) is 18.3 Å². The molecule has 11 heteroatoms. The summed E-state index contributed by atoms with van der Waals surface area (Å²) in [5, 5.41) is 11.6. The van der Waals surface area contributed by atoms with Gasteiger partial charge in [-0.1, -0.05) is 121 Å². The fourth-order valence-corrected chi connectivity index (χ4v) is 7.13. The molecule has 2 saturated heterocycles. The van der Waals surface area contributed by atoms with Crippen LogP contribution in [0.3, 0.4) is 0 Å². The molecule has 2 fully saturated rings. The first-order chi connectivity index (χ1) is 26.2. The van der Waals surface area contributed by atoms with Gasteiger partial charge in [-0.15, -0.1) is 0 Å². The summed E-state index contributed by atoms with van der Waals surface area (Å²) in [6.45, 7) is -1.16. The minimum absolute atomic E-state index is 0.0172. The highest BCUT2D eigenvalue weighted by Gasteiger charge is 2.69. The van der Waals surface area contributed by atoms with Gasteiger partial charge in [-0.2, -0.15) is 13.2 Å². The third-order valence-electron chi connectivity index (χ3n) is 9.64. The van der Waals surface area contributed by atoms with Crippen LogP contribution >= 0.6 is 11.6 Å². The summed E-state index contributed by atoms with van der Waals surface area (Å²) in [6, 6.07) is 41.1. The van der Waals surface area contributed by atoms with E-state index in [4.69, 9.17) is 40.0 Å². The zero-order chi connectivity index (χ0) is 37.6. The van der Waals surface area contributed by atoms with Crippen LogP contribution in [0.1, 0.15) is 33.4 Å². The van der Waals surface area contributed by atoms with Crippen LogP contribution < -0.4 is 4.74 Å². The minimum atomic E-state index is -4.44. The van der Waals surface area contributed by atoms with E-state index in [0.717, 1.165) is 22.3 Å². The third-order valence-corrected chi connectivity index (χ3v) is 10.0. The number of rotatable bonds is 15. The van der Waals surface area contributed by atoms with Gasteiger partial charge in [0.05, 0.1) is 33.0 Å². The smallest absolute Gasteiger partial charge is 0.422 e. The van der Waals surface area contributed by atoms with E-state index in [1.165, 1.54) is 12.1 Å². The Morgan fingerprint density at radius 1 is 0.685 bits per heavy atom. The van der Waals surface area contributed by atoms with E-state index < -0.39 is 49.1 Å². The van der Waals surface area contributed by atoms with Crippen LogP contribution in [0.5, 0.6) is 5.75 Å². The molecule has 5 aromatic rings. The van der Waals surface area contributed by atoms with E-state index in [1.54, 1.807) is 18.2 Å². The largest absolute Gasteiger partial charge is 0.484 e. The van der Waals surface area contributed by atoms with Crippen molar-refractivity contribution in [1.29, 1.82) is 0 Å². The van der Waals surface area contributed by atoms with Gasteiger partial charge in [0.15, 0.2) is 6.61 Å². The van der Waals surface area contributed by atoms with Crippen LogP contribution in [0.25, 0.3) is 0 Å². The predicted octanol–water partition coefficient (Wildman–Crippen LogP) is 8.57. The summed E-state index contributed by atoms with van der Waals surface area (Å²) in [5.41, 5.74) is 3.58. The summed E-state index contributed by atoms with van der Waals surface area (Å²) in [7, 11) is 0. The highest BCUT2D eigenvalue weighted by Crippen LogP contribution is 2.53. The van der Waals surface area contributed by atoms with Gasteiger partial charge in [-0.25, -0.2) is 0 Å². The zero-order valence-corrected chi connectivity index (χ0v) is 30.0. The molecule has 7 nitrogen and oxygen atoms in total. The maximum atomic E-state index is 12.7. The van der Waals surface area contributed by atoms with Gasteiger partial charge in [-0.3, -0.25) is 0 Å². The van der Waals surface area contributed by atoms with Crippen molar-refractivity contribution < 1.29 is 46.7 Å². The van der Waals surface area contributed by atoms with Gasteiger partial charge in [0, 0.05) is 10.6 Å². The molecule has 0 spiro atoms. The molecule has 282 valence electrons. The molecule has 5 atom stereocenters. The lowest BCUT2D eigenvalue weighted by atomic mass is 9.83. The number of aliphatic hydroxyl groups is 1. The molecule has 0 amide bonds. The number of ether oxygens (including phenoxy) is 6. The van der Waals surface area contributed by atoms with Crippen molar-refractivity contribution in [2.45, 2.75) is 62.1 Å². The Balaban J connectivity index is 1.25. The highest BCUT2D eigenvalue weighted by molar-refractivity contribution is 6.31. The highest BCUT2D eigenvalue weighted by atomic mass is 35.5. The molecule has 0 aromatic heterocycles. The lowest BCUT2D eigenvalue weighted by molar-refractivity contribution is -0.353. The van der Waals surface area contributed by atoms with Crippen molar-refractivity contribution in [2.75, 3.05) is 19.8 Å². The van der Waals surface area contributed by atoms with Gasteiger partial charge in [-0.05, 0) is 58.5 Å². The molecule has 0 saturated carbocycles. The molecule has 0 radical (unpaired) electrons. The Morgan fingerprint density at radius 2 is 1.24 bits per heavy atom. The van der Waals surface area contributed by atoms with E-state index in [0.29, 0.717) is 22.6 Å². The Bertz CT molecular complexity index is 1950. The van der Waals surface area contributed by atoms with Crippen LogP contribution in [0.4, 0.5) is 13.2 Å². The first-order valence-electron chi connectivity index (χ1n) is 17.7. The van der Waals surface area contributed by atoms with Crippen molar-refractivity contribution in [3.8, 4) is 5.75 Å². The summed E-state index contributed by atoms with van der Waals surface area (Å²) in [6.07, 6.45) is -6.59. The van der Waals surface area contributed by atoms with Crippen molar-refractivity contribution in [3.05, 3.63) is 172 Å². The average Bonchev–Trinajstić information content (AvgIpc) is 3.55. The maximum absolute atomic E-state index is 12.7. The molecular formula is C43H40ClF3O7. The molecule has 0 aliphatic carbocycles. The van der Waals surface area contributed by atoms with Gasteiger partial charge >= 0.3 is 6.18 Å². The minimum Gasteiger partial charge on any atom is -0.484 e. The molecule has 2 unspecified atom stereocenters. The summed E-state index contributed by atoms with van der Waals surface area (Å²) < 4.78 is 76.9. The van der Waals surface area contributed by atoms with Crippen molar-refractivity contribution in [1.82, 2.24) is 0 Å². The molecule has 54 heavy (non-hydrogen) atoms. The fourth-order valence-electron chi connectivity index (χ4n) is 6.95. The Morgan fingerprint density at radius 3 is 1.80 bits per heavy atom.